The zero-order valence-corrected chi connectivity index (χ0v) is 15.1. The highest BCUT2D eigenvalue weighted by Crippen LogP contribution is 2.36. The lowest BCUT2D eigenvalue weighted by molar-refractivity contribution is -0.0647. The number of fused-ring (bicyclic) bond motifs is 2. The van der Waals surface area contributed by atoms with Crippen LogP contribution in [-0.4, -0.2) is 31.4 Å². The highest BCUT2D eigenvalue weighted by atomic mass is 16.5. The van der Waals surface area contributed by atoms with Gasteiger partial charge in [-0.3, -0.25) is 0 Å². The van der Waals surface area contributed by atoms with Gasteiger partial charge in [0.1, 0.15) is 5.75 Å². The van der Waals surface area contributed by atoms with Gasteiger partial charge >= 0.3 is 0 Å². The average Bonchev–Trinajstić information content (AvgIpc) is 3.39. The number of methoxy groups -OCH3 is 2. The first-order valence-corrected chi connectivity index (χ1v) is 8.95. The molecule has 3 aliphatic rings. The van der Waals surface area contributed by atoms with E-state index in [4.69, 9.17) is 18.6 Å². The summed E-state index contributed by atoms with van der Waals surface area (Å²) in [5, 5.41) is 0. The molecule has 3 unspecified atom stereocenters. The van der Waals surface area contributed by atoms with Crippen LogP contribution in [0.25, 0.3) is 11.1 Å². The topological polar surface area (TPSA) is 53.7 Å². The van der Waals surface area contributed by atoms with Gasteiger partial charge in [-0.25, -0.2) is 4.98 Å². The maximum atomic E-state index is 5.80. The van der Waals surface area contributed by atoms with Gasteiger partial charge in [0, 0.05) is 7.11 Å². The Morgan fingerprint density at radius 2 is 1.73 bits per heavy atom. The average molecular weight is 353 g/mol. The van der Waals surface area contributed by atoms with Crippen LogP contribution in [0.2, 0.25) is 0 Å². The minimum atomic E-state index is -0.326. The molecule has 3 heterocycles. The smallest absolute Gasteiger partial charge is 0.229 e. The second-order valence-corrected chi connectivity index (χ2v) is 6.58. The number of benzene rings is 2. The second-order valence-electron chi connectivity index (χ2n) is 6.58. The SMILES string of the molecule is C1CC2CC1O2.COc1cccc2oc(C(OC)c3ccccc3)nc12. The molecule has 0 radical (unpaired) electrons. The molecule has 1 aliphatic carbocycles. The van der Waals surface area contributed by atoms with E-state index in [1.54, 1.807) is 14.2 Å². The Balaban J connectivity index is 0.000000233. The minimum absolute atomic E-state index is 0.326. The number of hydrogen-bond donors (Lipinski definition) is 0. The van der Waals surface area contributed by atoms with Gasteiger partial charge < -0.3 is 18.6 Å². The van der Waals surface area contributed by atoms with E-state index in [9.17, 15) is 0 Å². The lowest BCUT2D eigenvalue weighted by Crippen LogP contribution is -2.25. The van der Waals surface area contributed by atoms with E-state index in [0.717, 1.165) is 5.56 Å². The third-order valence-electron chi connectivity index (χ3n) is 4.90. The predicted molar refractivity (Wildman–Crippen MR) is 98.4 cm³/mol. The summed E-state index contributed by atoms with van der Waals surface area (Å²) >= 11 is 0. The molecule has 2 aromatic carbocycles. The van der Waals surface area contributed by atoms with Gasteiger partial charge in [0.15, 0.2) is 17.2 Å². The third-order valence-corrected chi connectivity index (χ3v) is 4.90. The molecule has 6 rings (SSSR count). The fraction of sp³-hybridized carbons (Fsp3) is 0.381. The molecule has 2 saturated heterocycles. The van der Waals surface area contributed by atoms with Crippen LogP contribution in [0.3, 0.4) is 0 Å². The predicted octanol–water partition coefficient (Wildman–Crippen LogP) is 4.51. The highest BCUT2D eigenvalue weighted by molar-refractivity contribution is 5.79. The van der Waals surface area contributed by atoms with Crippen molar-refractivity contribution in [1.82, 2.24) is 4.98 Å². The van der Waals surface area contributed by atoms with Crippen molar-refractivity contribution < 1.29 is 18.6 Å². The number of para-hydroxylation sites is 1. The Labute approximate surface area is 152 Å². The Kier molecular flexibility index (Phi) is 4.91. The molecule has 1 aromatic heterocycles. The summed E-state index contributed by atoms with van der Waals surface area (Å²) in [4.78, 5) is 4.51. The van der Waals surface area contributed by atoms with Crippen LogP contribution in [0, 0.1) is 0 Å². The Hall–Kier alpha value is -2.37. The summed E-state index contributed by atoms with van der Waals surface area (Å²) < 4.78 is 21.9. The molecule has 0 N–H and O–H groups in total. The minimum Gasteiger partial charge on any atom is -0.494 e. The van der Waals surface area contributed by atoms with E-state index in [1.165, 1.54) is 19.3 Å². The number of hydrogen-bond acceptors (Lipinski definition) is 5. The van der Waals surface area contributed by atoms with Gasteiger partial charge in [0.05, 0.1) is 19.3 Å². The van der Waals surface area contributed by atoms with E-state index in [-0.39, 0.29) is 6.10 Å². The molecule has 3 aromatic rings. The van der Waals surface area contributed by atoms with Crippen molar-refractivity contribution in [2.75, 3.05) is 14.2 Å². The number of nitrogens with zero attached hydrogens (tertiary/aromatic N) is 1. The van der Waals surface area contributed by atoms with Crippen molar-refractivity contribution in [2.45, 2.75) is 37.6 Å². The van der Waals surface area contributed by atoms with E-state index in [2.05, 4.69) is 4.98 Å². The van der Waals surface area contributed by atoms with Gasteiger partial charge in [-0.1, -0.05) is 36.4 Å². The molecular formula is C21H23NO4. The van der Waals surface area contributed by atoms with Crippen LogP contribution in [0.1, 0.15) is 36.8 Å². The summed E-state index contributed by atoms with van der Waals surface area (Å²) in [7, 11) is 3.26. The first-order valence-electron chi connectivity index (χ1n) is 8.95. The number of ether oxygens (including phenoxy) is 3. The quantitative estimate of drug-likeness (QED) is 0.691. The summed E-state index contributed by atoms with van der Waals surface area (Å²) in [6.07, 6.45) is 5.09. The van der Waals surface area contributed by atoms with Crippen molar-refractivity contribution in [3.63, 3.8) is 0 Å². The maximum Gasteiger partial charge on any atom is 0.229 e. The van der Waals surface area contributed by atoms with E-state index < -0.39 is 0 Å². The fourth-order valence-electron chi connectivity index (χ4n) is 3.52. The first-order chi connectivity index (χ1) is 12.8. The second kappa shape index (κ2) is 7.48. The molecule has 3 fully saturated rings. The van der Waals surface area contributed by atoms with Crippen LogP contribution in [0.4, 0.5) is 0 Å². The monoisotopic (exact) mass is 353 g/mol. The van der Waals surface area contributed by atoms with Crippen LogP contribution < -0.4 is 4.74 Å². The lowest BCUT2D eigenvalue weighted by atomic mass is 10.1. The molecule has 0 spiro atoms. The Bertz CT molecular complexity index is 841. The van der Waals surface area contributed by atoms with Crippen LogP contribution in [0.5, 0.6) is 5.75 Å². The van der Waals surface area contributed by atoms with Gasteiger partial charge in [0.25, 0.3) is 0 Å². The zero-order valence-electron chi connectivity index (χ0n) is 15.1. The van der Waals surface area contributed by atoms with Gasteiger partial charge in [-0.15, -0.1) is 0 Å². The zero-order chi connectivity index (χ0) is 17.9. The van der Waals surface area contributed by atoms with E-state index in [0.29, 0.717) is 34.9 Å². The van der Waals surface area contributed by atoms with Crippen molar-refractivity contribution in [3.8, 4) is 5.75 Å². The summed E-state index contributed by atoms with van der Waals surface area (Å²) in [5.41, 5.74) is 2.40. The van der Waals surface area contributed by atoms with Gasteiger partial charge in [-0.2, -0.15) is 0 Å². The Morgan fingerprint density at radius 3 is 2.31 bits per heavy atom. The maximum absolute atomic E-state index is 5.80. The van der Waals surface area contributed by atoms with Gasteiger partial charge in [-0.05, 0) is 37.0 Å². The molecule has 0 amide bonds. The molecule has 3 atom stereocenters. The summed E-state index contributed by atoms with van der Waals surface area (Å²) in [6, 6.07) is 15.5. The van der Waals surface area contributed by atoms with Crippen molar-refractivity contribution in [1.29, 1.82) is 0 Å². The van der Waals surface area contributed by atoms with E-state index in [1.807, 2.05) is 48.5 Å². The normalized spacial score (nSPS) is 21.6. The number of aromatic nitrogens is 1. The summed E-state index contributed by atoms with van der Waals surface area (Å²) in [6.45, 7) is 0. The van der Waals surface area contributed by atoms with Crippen LogP contribution in [-0.2, 0) is 9.47 Å². The van der Waals surface area contributed by atoms with Crippen molar-refractivity contribution in [3.05, 3.63) is 60.0 Å². The number of oxazole rings is 1. The molecule has 2 aliphatic heterocycles. The fourth-order valence-corrected chi connectivity index (χ4v) is 3.52. The largest absolute Gasteiger partial charge is 0.494 e. The lowest BCUT2D eigenvalue weighted by Gasteiger charge is -2.23. The van der Waals surface area contributed by atoms with Crippen molar-refractivity contribution >= 4 is 11.1 Å². The van der Waals surface area contributed by atoms with Crippen LogP contribution >= 0.6 is 0 Å². The summed E-state index contributed by atoms with van der Waals surface area (Å²) in [5.74, 6) is 1.22. The molecule has 136 valence electrons. The third kappa shape index (κ3) is 3.32. The molecule has 1 saturated carbocycles. The molecular weight excluding hydrogens is 330 g/mol. The van der Waals surface area contributed by atoms with Crippen LogP contribution in [0.15, 0.2) is 52.9 Å². The highest BCUT2D eigenvalue weighted by Gasteiger charge is 2.36. The Morgan fingerprint density at radius 1 is 1.00 bits per heavy atom. The standard InChI is InChI=1S/C16H15NO3.C5H8O/c1-18-12-9-6-10-13-14(12)17-16(20-13)15(19-2)11-7-4-3-5-8-11;1-2-5-3-4(1)6-5/h3-10,15H,1-2H3;4-5H,1-3H2. The molecule has 26 heavy (non-hydrogen) atoms. The number of rotatable bonds is 4. The first kappa shape index (κ1) is 17.1. The van der Waals surface area contributed by atoms with Gasteiger partial charge in [0.2, 0.25) is 5.89 Å². The molecule has 5 heteroatoms. The van der Waals surface area contributed by atoms with E-state index >= 15 is 0 Å². The molecule has 5 nitrogen and oxygen atoms in total. The molecule has 2 bridgehead atoms. The van der Waals surface area contributed by atoms with Crippen molar-refractivity contribution in [2.24, 2.45) is 0 Å².